The number of nitriles is 2. The van der Waals surface area contributed by atoms with Crippen LogP contribution in [0.25, 0.3) is 49.8 Å². The monoisotopic (exact) mass is 1660 g/mol. The van der Waals surface area contributed by atoms with Crippen LogP contribution in [0.15, 0.2) is 215 Å². The van der Waals surface area contributed by atoms with E-state index in [1.165, 1.54) is 0 Å². The van der Waals surface area contributed by atoms with Crippen LogP contribution in [0.4, 0.5) is 34.6 Å². The van der Waals surface area contributed by atoms with Crippen LogP contribution in [0.5, 0.6) is 0 Å². The smallest absolute Gasteiger partial charge is 0.274 e. The number of para-hydroxylation sites is 3. The number of rotatable bonds is 29. The van der Waals surface area contributed by atoms with E-state index in [2.05, 4.69) is 75.5 Å². The van der Waals surface area contributed by atoms with Crippen LogP contribution in [0, 0.1) is 57.3 Å². The molecule has 0 aliphatic rings. The summed E-state index contributed by atoms with van der Waals surface area (Å²) in [5, 5.41) is 64.2. The summed E-state index contributed by atoms with van der Waals surface area (Å²) in [5.41, 5.74) is 20.4. The number of benzene rings is 8. The van der Waals surface area contributed by atoms with E-state index in [1.807, 2.05) is 161 Å². The zero-order valence-electron chi connectivity index (χ0n) is 69.5. The number of nitrogens with two attached hydrogens (primary N) is 1. The fourth-order valence-corrected chi connectivity index (χ4v) is 14.4. The maximum atomic E-state index is 14.3. The summed E-state index contributed by atoms with van der Waals surface area (Å²) in [6.45, 7) is 15.8. The largest absolute Gasteiger partial charge is 0.382 e. The van der Waals surface area contributed by atoms with Gasteiger partial charge in [0.1, 0.15) is 75.7 Å². The summed E-state index contributed by atoms with van der Waals surface area (Å²) in [6, 6.07) is 61.3. The summed E-state index contributed by atoms with van der Waals surface area (Å²) in [5.74, 6) is 3.04. The van der Waals surface area contributed by atoms with Crippen molar-refractivity contribution in [3.05, 3.63) is 317 Å². The van der Waals surface area contributed by atoms with Crippen molar-refractivity contribution in [1.29, 1.82) is 10.5 Å². The number of aromatic nitrogens is 12. The summed E-state index contributed by atoms with van der Waals surface area (Å²) < 4.78 is 4.88. The highest BCUT2D eigenvalue weighted by atomic mass is 16.5. The second kappa shape index (κ2) is 41.0. The van der Waals surface area contributed by atoms with Crippen LogP contribution < -0.4 is 65.4 Å². The molecule has 0 radical (unpaired) electrons. The molecular formula is C92H93N23O9. The minimum Gasteiger partial charge on any atom is -0.382 e. The predicted octanol–water partition coefficient (Wildman–Crippen LogP) is 14.2. The average Bonchev–Trinajstić information content (AvgIpc) is 0.762. The Labute approximate surface area is 713 Å². The molecule has 3 atom stereocenters. The molecule has 14 rings (SSSR count). The Balaban J connectivity index is 0.000000170. The molecule has 124 heavy (non-hydrogen) atoms. The molecule has 0 saturated carbocycles. The first-order chi connectivity index (χ1) is 60.1. The van der Waals surface area contributed by atoms with Gasteiger partial charge >= 0.3 is 0 Å². The minimum absolute atomic E-state index is 0.0706. The third-order valence-electron chi connectivity index (χ3n) is 20.6. The molecule has 0 unspecified atom stereocenters. The number of nitrogen functional groups attached to an aromatic ring is 1. The average molecular weight is 1660 g/mol. The Morgan fingerprint density at radius 3 is 1.27 bits per heavy atom. The highest BCUT2D eigenvalue weighted by molar-refractivity contribution is 5.95. The Bertz CT molecular complexity index is 6220. The van der Waals surface area contributed by atoms with Gasteiger partial charge in [-0.3, -0.25) is 58.1 Å². The van der Waals surface area contributed by atoms with Gasteiger partial charge in [0.15, 0.2) is 5.82 Å². The van der Waals surface area contributed by atoms with Crippen molar-refractivity contribution < 1.29 is 30.0 Å². The van der Waals surface area contributed by atoms with E-state index in [9.17, 15) is 39.3 Å². The normalized spacial score (nSPS) is 11.6. The number of aryl methyl sites for hydroxylation is 6. The lowest BCUT2D eigenvalue weighted by atomic mass is 10.0. The van der Waals surface area contributed by atoms with Gasteiger partial charge in [0, 0.05) is 53.8 Å². The summed E-state index contributed by atoms with van der Waals surface area (Å²) in [7, 11) is 0. The quantitative estimate of drug-likeness (QED) is 0.0118. The molecule has 630 valence electrons. The number of anilines is 6. The zero-order valence-corrected chi connectivity index (χ0v) is 69.5. The number of hydroxylamine groups is 3. The molecule has 6 aromatic heterocycles. The highest BCUT2D eigenvalue weighted by Crippen LogP contribution is 2.33. The van der Waals surface area contributed by atoms with Crippen LogP contribution in [-0.2, 0) is 24.3 Å². The second-order valence-electron chi connectivity index (χ2n) is 29.1. The number of amides is 3. The van der Waals surface area contributed by atoms with Gasteiger partial charge in [-0.2, -0.15) is 10.5 Å². The van der Waals surface area contributed by atoms with E-state index >= 15 is 0 Å². The van der Waals surface area contributed by atoms with Crippen LogP contribution in [0.2, 0.25) is 0 Å². The topological polar surface area (TPSA) is 464 Å². The van der Waals surface area contributed by atoms with Crippen molar-refractivity contribution in [2.45, 2.75) is 138 Å². The highest BCUT2D eigenvalue weighted by Gasteiger charge is 2.28. The molecule has 3 amide bonds. The third-order valence-corrected chi connectivity index (χ3v) is 20.6. The Morgan fingerprint density at radius 2 is 0.839 bits per heavy atom. The molecule has 0 fully saturated rings. The van der Waals surface area contributed by atoms with E-state index in [0.717, 1.165) is 46.6 Å². The molecule has 13 N–H and O–H groups in total. The first kappa shape index (κ1) is 87.8. The number of unbranched alkanes of at least 4 members (excludes halogenated alkanes) is 2. The van der Waals surface area contributed by atoms with Gasteiger partial charge in [-0.15, -0.1) is 0 Å². The summed E-state index contributed by atoms with van der Waals surface area (Å²) in [4.78, 5) is 119. The fraction of sp³-hybridized carbons (Fsp3) is 0.228. The number of carbonyl (C=O) groups is 3. The maximum Gasteiger partial charge on any atom is 0.274 e. The number of nitrogens with one attached hydrogen (secondary N) is 8. The first-order valence-corrected chi connectivity index (χ1v) is 40.3. The van der Waals surface area contributed by atoms with Crippen molar-refractivity contribution in [2.75, 3.05) is 32.3 Å². The minimum atomic E-state index is -0.598. The Kier molecular flexibility index (Phi) is 29.0. The van der Waals surface area contributed by atoms with E-state index in [1.54, 1.807) is 118 Å². The van der Waals surface area contributed by atoms with E-state index in [-0.39, 0.29) is 52.2 Å². The van der Waals surface area contributed by atoms with E-state index < -0.39 is 23.9 Å². The van der Waals surface area contributed by atoms with Crippen LogP contribution in [0.1, 0.15) is 179 Å². The van der Waals surface area contributed by atoms with Crippen LogP contribution in [-0.4, -0.2) is 91.9 Å². The predicted molar refractivity (Wildman–Crippen MR) is 474 cm³/mol. The number of hydrogen-bond donors (Lipinski definition) is 12. The summed E-state index contributed by atoms with van der Waals surface area (Å²) >= 11 is 0. The standard InChI is InChI=1S/C32H30N8O3.C31H29N9O3.C29H34N6O3/c1-4-25(37-29-24(17-33)19(2)35-20(3)36-29)30-38-27-12-8-11-26(28(27)32(42)40(30)23-9-6-5-7-10-23)34-18-21-13-15-22(16-14-21)31(41)39-43;1-3-23(37-28-22(16-32)27(33)35-18(2)36-28)29-38-25-11-7-10-24(26(25)31(42)40(29)21-8-5-4-6-9-21)34-17-19-12-14-20(15-13-19)30(41)39-43;1-4-23(32-27-19(2)18-30-20(3)31-27)28-33-24-16-11-13-21(12-7-5-10-17-25(36)34-38)26(24)29(37)35(28)22-14-8-6-9-15-22/h5-16,25,34,43H,4,18H2,1-3H3,(H,39,41)(H,35,36,37);4-15,23,34,43H,3,17H2,1-2H3,(H,39,41)(H3,33,35,36,37);6,8-9,11,13-16,18,23,38H,4-5,7,10,12,17H2,1-3H3,(H,34,36)(H,30,31,32)/t25-;2*23-/m000/s1. The Morgan fingerprint density at radius 1 is 0.435 bits per heavy atom. The van der Waals surface area contributed by atoms with Gasteiger partial charge in [0.25, 0.3) is 28.5 Å². The summed E-state index contributed by atoms with van der Waals surface area (Å²) in [6.07, 6.45) is 6.80. The molecule has 32 heteroatoms. The second-order valence-corrected chi connectivity index (χ2v) is 29.1. The van der Waals surface area contributed by atoms with Gasteiger partial charge in [-0.25, -0.2) is 61.3 Å². The van der Waals surface area contributed by atoms with Crippen molar-refractivity contribution >= 4 is 85.1 Å². The molecular weight excluding hydrogens is 1570 g/mol. The van der Waals surface area contributed by atoms with Gasteiger partial charge in [-0.05, 0) is 181 Å². The van der Waals surface area contributed by atoms with Crippen LogP contribution in [0.3, 0.4) is 0 Å². The number of fused-ring (bicyclic) bond motifs is 3. The lowest BCUT2D eigenvalue weighted by molar-refractivity contribution is -0.129. The molecule has 0 aliphatic carbocycles. The lowest BCUT2D eigenvalue weighted by Gasteiger charge is -2.23. The molecule has 0 aliphatic heterocycles. The molecule has 0 saturated heterocycles. The fourth-order valence-electron chi connectivity index (χ4n) is 14.4. The first-order valence-electron chi connectivity index (χ1n) is 40.3. The van der Waals surface area contributed by atoms with Gasteiger partial charge in [-0.1, -0.05) is 130 Å². The van der Waals surface area contributed by atoms with Crippen molar-refractivity contribution in [3.63, 3.8) is 0 Å². The van der Waals surface area contributed by atoms with E-state index in [4.69, 9.17) is 36.3 Å². The van der Waals surface area contributed by atoms with Crippen molar-refractivity contribution in [2.24, 2.45) is 0 Å². The molecule has 6 heterocycles. The van der Waals surface area contributed by atoms with Gasteiger partial charge < -0.3 is 32.3 Å². The number of carbonyl (C=O) groups excluding carboxylic acids is 3. The van der Waals surface area contributed by atoms with Crippen molar-refractivity contribution in [3.8, 4) is 29.2 Å². The van der Waals surface area contributed by atoms with Crippen molar-refractivity contribution in [1.82, 2.24) is 75.0 Å². The SMILES string of the molecule is CC[C@H](Nc1nc(C)nc(C)c1C#N)c1nc2cccc(NCc3ccc(C(=O)NO)cc3)c2c(=O)n1-c1ccccc1.CC[C@H](Nc1nc(C)nc(N)c1C#N)c1nc2cccc(NCc3ccc(C(=O)NO)cc3)c2c(=O)n1-c1ccccc1.CC[C@H](Nc1nc(C)ncc1C)c1nc2cccc(CCCCCC(=O)NO)c2c(=O)n1-c1ccccc1. The third kappa shape index (κ3) is 20.3. The Hall–Kier alpha value is -15.5. The number of hydrogen-bond acceptors (Lipinski definition) is 26. The maximum absolute atomic E-state index is 14.3. The van der Waals surface area contributed by atoms with Crippen LogP contribution >= 0.6 is 0 Å². The van der Waals surface area contributed by atoms with E-state index in [0.29, 0.717) is 164 Å². The van der Waals surface area contributed by atoms with Gasteiger partial charge in [0.2, 0.25) is 5.91 Å². The van der Waals surface area contributed by atoms with Gasteiger partial charge in [0.05, 0.1) is 73.6 Å². The molecule has 8 aromatic carbocycles. The number of nitrogens with zero attached hydrogens (tertiary/aromatic N) is 14. The lowest BCUT2D eigenvalue weighted by Crippen LogP contribution is -2.29. The molecule has 0 spiro atoms. The molecule has 32 nitrogen and oxygen atoms in total. The zero-order chi connectivity index (χ0) is 88.1. The molecule has 0 bridgehead atoms. The molecule has 14 aromatic rings.